The van der Waals surface area contributed by atoms with Gasteiger partial charge in [0.1, 0.15) is 0 Å². The fourth-order valence-electron chi connectivity index (χ4n) is 2.96. The second-order valence-electron chi connectivity index (χ2n) is 6.30. The van der Waals surface area contributed by atoms with Crippen LogP contribution in [0.2, 0.25) is 0 Å². The Kier molecular flexibility index (Phi) is 5.53. The molecule has 7 heteroatoms. The van der Waals surface area contributed by atoms with Crippen molar-refractivity contribution in [2.45, 2.75) is 20.0 Å². The minimum atomic E-state index is -4.40. The van der Waals surface area contributed by atoms with Gasteiger partial charge in [-0.1, -0.05) is 24.3 Å². The molecule has 0 saturated carbocycles. The molecule has 0 aliphatic rings. The summed E-state index contributed by atoms with van der Waals surface area (Å²) in [4.78, 5) is 14.1. The minimum absolute atomic E-state index is 0.0363. The van der Waals surface area contributed by atoms with Gasteiger partial charge in [0.2, 0.25) is 0 Å². The maximum absolute atomic E-state index is 12.9. The molecule has 4 nitrogen and oxygen atoms in total. The molecule has 1 heterocycles. The summed E-state index contributed by atoms with van der Waals surface area (Å²) in [5.74, 6) is -0.0363. The van der Waals surface area contributed by atoms with Gasteiger partial charge in [-0.15, -0.1) is 0 Å². The summed E-state index contributed by atoms with van der Waals surface area (Å²) >= 11 is 0. The van der Waals surface area contributed by atoms with Gasteiger partial charge in [-0.2, -0.15) is 18.3 Å². The predicted octanol–water partition coefficient (Wildman–Crippen LogP) is 5.24. The highest BCUT2D eigenvalue weighted by Crippen LogP contribution is 2.32. The summed E-state index contributed by atoms with van der Waals surface area (Å²) in [6, 6.07) is 13.8. The number of carbonyl (C=O) groups excluding carboxylic acids is 1. The zero-order valence-electron chi connectivity index (χ0n) is 15.5. The number of carbonyl (C=O) groups is 1. The highest BCUT2D eigenvalue weighted by molar-refractivity contribution is 5.94. The van der Waals surface area contributed by atoms with Crippen molar-refractivity contribution in [1.29, 1.82) is 0 Å². The van der Waals surface area contributed by atoms with Gasteiger partial charge in [0, 0.05) is 24.2 Å². The number of hydrogen-bond acceptors (Lipinski definition) is 2. The van der Waals surface area contributed by atoms with Gasteiger partial charge in [-0.25, -0.2) is 0 Å². The van der Waals surface area contributed by atoms with Crippen molar-refractivity contribution in [2.24, 2.45) is 0 Å². The number of aromatic amines is 1. The first-order valence-electron chi connectivity index (χ1n) is 8.96. The molecule has 0 saturated heterocycles. The monoisotopic (exact) mass is 387 g/mol. The van der Waals surface area contributed by atoms with Crippen LogP contribution in [0.15, 0.2) is 54.6 Å². The molecule has 0 bridgehead atoms. The number of H-pyrrole nitrogens is 1. The highest BCUT2D eigenvalue weighted by Gasteiger charge is 2.30. The highest BCUT2D eigenvalue weighted by atomic mass is 19.4. The van der Waals surface area contributed by atoms with E-state index in [1.165, 1.54) is 6.07 Å². The van der Waals surface area contributed by atoms with E-state index in [2.05, 4.69) is 10.2 Å². The van der Waals surface area contributed by atoms with Crippen molar-refractivity contribution in [3.05, 3.63) is 65.7 Å². The van der Waals surface area contributed by atoms with Crippen LogP contribution in [-0.2, 0) is 6.18 Å². The molecule has 0 aliphatic carbocycles. The molecule has 0 spiro atoms. The maximum Gasteiger partial charge on any atom is 0.416 e. The van der Waals surface area contributed by atoms with Crippen LogP contribution in [0.1, 0.15) is 29.8 Å². The van der Waals surface area contributed by atoms with Crippen LogP contribution in [0, 0.1) is 0 Å². The Morgan fingerprint density at radius 1 is 1.00 bits per heavy atom. The Morgan fingerprint density at radius 3 is 2.29 bits per heavy atom. The lowest BCUT2D eigenvalue weighted by atomic mass is 10.1. The van der Waals surface area contributed by atoms with Gasteiger partial charge in [-0.05, 0) is 49.7 Å². The lowest BCUT2D eigenvalue weighted by molar-refractivity contribution is -0.137. The summed E-state index contributed by atoms with van der Waals surface area (Å²) in [7, 11) is 0. The van der Waals surface area contributed by atoms with E-state index >= 15 is 0 Å². The molecule has 0 atom stereocenters. The number of amides is 1. The van der Waals surface area contributed by atoms with Gasteiger partial charge in [-0.3, -0.25) is 9.89 Å². The number of benzene rings is 2. The molecule has 1 N–H and O–H groups in total. The van der Waals surface area contributed by atoms with E-state index in [0.29, 0.717) is 35.6 Å². The zero-order valence-corrected chi connectivity index (χ0v) is 15.5. The van der Waals surface area contributed by atoms with Crippen LogP contribution in [0.3, 0.4) is 0 Å². The molecule has 28 heavy (non-hydrogen) atoms. The zero-order chi connectivity index (χ0) is 20.3. The van der Waals surface area contributed by atoms with Gasteiger partial charge in [0.15, 0.2) is 0 Å². The Hall–Kier alpha value is -3.09. The summed E-state index contributed by atoms with van der Waals surface area (Å²) < 4.78 is 38.7. The third-order valence-electron chi connectivity index (χ3n) is 4.56. The molecule has 1 aromatic heterocycles. The van der Waals surface area contributed by atoms with E-state index < -0.39 is 11.7 Å². The summed E-state index contributed by atoms with van der Waals surface area (Å²) in [6.07, 6.45) is -4.40. The van der Waals surface area contributed by atoms with E-state index in [9.17, 15) is 18.0 Å². The fourth-order valence-corrected chi connectivity index (χ4v) is 2.96. The SMILES string of the molecule is CCN(CC)C(=O)c1ccc(-c2cc(-c3cccc(C(F)(F)F)c3)n[nH]2)cc1. The molecular weight excluding hydrogens is 367 g/mol. The number of rotatable bonds is 5. The molecule has 0 radical (unpaired) electrons. The molecule has 0 unspecified atom stereocenters. The minimum Gasteiger partial charge on any atom is -0.339 e. The van der Waals surface area contributed by atoms with Crippen molar-refractivity contribution >= 4 is 5.91 Å². The molecule has 1 amide bonds. The molecule has 0 fully saturated rings. The fraction of sp³-hybridized carbons (Fsp3) is 0.238. The lowest BCUT2D eigenvalue weighted by Gasteiger charge is -2.18. The molecule has 3 rings (SSSR count). The molecule has 2 aromatic carbocycles. The first-order valence-corrected chi connectivity index (χ1v) is 8.96. The number of hydrogen-bond donors (Lipinski definition) is 1. The Balaban J connectivity index is 1.84. The van der Waals surface area contributed by atoms with E-state index in [-0.39, 0.29) is 5.91 Å². The van der Waals surface area contributed by atoms with Crippen molar-refractivity contribution < 1.29 is 18.0 Å². The average molecular weight is 387 g/mol. The first-order chi connectivity index (χ1) is 13.3. The standard InChI is InChI=1S/C21H20F3N3O/c1-3-27(4-2)20(28)15-10-8-14(9-11-15)18-13-19(26-25-18)16-6-5-7-17(12-16)21(22,23)24/h5-13H,3-4H2,1-2H3,(H,25,26). The Labute approximate surface area is 161 Å². The quantitative estimate of drug-likeness (QED) is 0.650. The smallest absolute Gasteiger partial charge is 0.339 e. The summed E-state index contributed by atoms with van der Waals surface area (Å²) in [6.45, 7) is 5.13. The van der Waals surface area contributed by atoms with E-state index in [1.807, 2.05) is 13.8 Å². The van der Waals surface area contributed by atoms with Crippen molar-refractivity contribution in [1.82, 2.24) is 15.1 Å². The number of aromatic nitrogens is 2. The van der Waals surface area contributed by atoms with Crippen LogP contribution in [0.25, 0.3) is 22.5 Å². The van der Waals surface area contributed by atoms with Gasteiger partial charge < -0.3 is 4.90 Å². The lowest BCUT2D eigenvalue weighted by Crippen LogP contribution is -2.30. The van der Waals surface area contributed by atoms with Crippen molar-refractivity contribution in [3.8, 4) is 22.5 Å². The Morgan fingerprint density at radius 2 is 1.68 bits per heavy atom. The van der Waals surface area contributed by atoms with Crippen LogP contribution >= 0.6 is 0 Å². The Bertz CT molecular complexity index is 958. The van der Waals surface area contributed by atoms with Gasteiger partial charge >= 0.3 is 6.18 Å². The number of nitrogens with zero attached hydrogens (tertiary/aromatic N) is 2. The van der Waals surface area contributed by atoms with Crippen molar-refractivity contribution in [3.63, 3.8) is 0 Å². The molecular formula is C21H20F3N3O. The average Bonchev–Trinajstić information content (AvgIpc) is 3.19. The number of alkyl halides is 3. The predicted molar refractivity (Wildman–Crippen MR) is 102 cm³/mol. The summed E-state index contributed by atoms with van der Waals surface area (Å²) in [5, 5.41) is 6.98. The maximum atomic E-state index is 12.9. The third-order valence-corrected chi connectivity index (χ3v) is 4.56. The first kappa shape index (κ1) is 19.7. The topological polar surface area (TPSA) is 49.0 Å². The van der Waals surface area contributed by atoms with E-state index in [0.717, 1.165) is 17.7 Å². The summed E-state index contributed by atoms with van der Waals surface area (Å²) in [5.41, 5.74) is 2.13. The van der Waals surface area contributed by atoms with Crippen LogP contribution in [0.5, 0.6) is 0 Å². The normalized spacial score (nSPS) is 11.5. The number of nitrogens with one attached hydrogen (secondary N) is 1. The second kappa shape index (κ2) is 7.88. The van der Waals surface area contributed by atoms with Crippen molar-refractivity contribution in [2.75, 3.05) is 13.1 Å². The van der Waals surface area contributed by atoms with Gasteiger partial charge in [0.05, 0.1) is 17.0 Å². The molecule has 146 valence electrons. The van der Waals surface area contributed by atoms with Crippen LogP contribution in [0.4, 0.5) is 13.2 Å². The largest absolute Gasteiger partial charge is 0.416 e. The number of halogens is 3. The van der Waals surface area contributed by atoms with Crippen LogP contribution in [-0.4, -0.2) is 34.1 Å². The third kappa shape index (κ3) is 4.08. The molecule has 3 aromatic rings. The second-order valence-corrected chi connectivity index (χ2v) is 6.30. The van der Waals surface area contributed by atoms with Crippen LogP contribution < -0.4 is 0 Å². The van der Waals surface area contributed by atoms with E-state index in [1.54, 1.807) is 41.3 Å². The molecule has 0 aliphatic heterocycles. The van der Waals surface area contributed by atoms with E-state index in [4.69, 9.17) is 0 Å². The van der Waals surface area contributed by atoms with Gasteiger partial charge in [0.25, 0.3) is 5.91 Å².